The maximum absolute atomic E-state index is 5.49. The highest BCUT2D eigenvalue weighted by Crippen LogP contribution is 2.64. The topological polar surface area (TPSA) is 77.3 Å². The van der Waals surface area contributed by atoms with E-state index in [9.17, 15) is 0 Å². The van der Waals surface area contributed by atoms with Gasteiger partial charge in [0.2, 0.25) is 0 Å². The molecule has 0 amide bonds. The van der Waals surface area contributed by atoms with E-state index in [-0.39, 0.29) is 5.41 Å². The van der Waals surface area contributed by atoms with Crippen LogP contribution in [0.25, 0.3) is 168 Å². The van der Waals surface area contributed by atoms with Gasteiger partial charge in [-0.25, -0.2) is 29.9 Å². The summed E-state index contributed by atoms with van der Waals surface area (Å²) in [5.41, 5.74) is 36.5. The summed E-state index contributed by atoms with van der Waals surface area (Å²) in [7, 11) is 0. The van der Waals surface area contributed by atoms with Crippen molar-refractivity contribution in [2.45, 2.75) is 37.0 Å². The van der Waals surface area contributed by atoms with Crippen molar-refractivity contribution in [1.29, 1.82) is 0 Å². The number of nitrogens with zero attached hydrogens (tertiary/aromatic N) is 6. The molecule has 18 aromatic rings. The minimum atomic E-state index is -0.648. The molecule has 0 radical (unpaired) electrons. The predicted octanol–water partition coefficient (Wildman–Crippen LogP) is 26.4. The van der Waals surface area contributed by atoms with Crippen LogP contribution in [0.5, 0.6) is 0 Å². The van der Waals surface area contributed by atoms with Gasteiger partial charge in [-0.1, -0.05) is 379 Å². The first-order chi connectivity index (χ1) is 56.1. The maximum atomic E-state index is 5.49. The van der Waals surface area contributed by atoms with E-state index in [4.69, 9.17) is 29.9 Å². The first kappa shape index (κ1) is 66.5. The van der Waals surface area contributed by atoms with Crippen LogP contribution in [-0.2, 0) is 16.2 Å². The van der Waals surface area contributed by atoms with Crippen molar-refractivity contribution in [3.05, 3.63) is 432 Å². The molecular formula is C108H72N6. The smallest absolute Gasteiger partial charge is 0.164 e. The van der Waals surface area contributed by atoms with Crippen molar-refractivity contribution in [2.75, 3.05) is 0 Å². The third-order valence-electron chi connectivity index (χ3n) is 24.2. The Kier molecular flexibility index (Phi) is 15.2. The largest absolute Gasteiger partial charge is 0.208 e. The molecule has 0 fully saturated rings. The van der Waals surface area contributed by atoms with E-state index < -0.39 is 10.8 Å². The summed E-state index contributed by atoms with van der Waals surface area (Å²) in [4.78, 5) is 32.4. The van der Waals surface area contributed by atoms with Gasteiger partial charge in [-0.2, -0.15) is 0 Å². The molecule has 1 atom stereocenters. The summed E-state index contributed by atoms with van der Waals surface area (Å²) in [6, 6.07) is 139. The molecule has 0 saturated carbocycles. The molecule has 0 saturated heterocycles. The minimum absolute atomic E-state index is 0.0804. The molecule has 114 heavy (non-hydrogen) atoms. The summed E-state index contributed by atoms with van der Waals surface area (Å²) in [6.45, 7) is 6.95. The molecule has 2 spiro atoms. The zero-order valence-electron chi connectivity index (χ0n) is 63.1. The van der Waals surface area contributed by atoms with E-state index in [2.05, 4.69) is 385 Å². The van der Waals surface area contributed by atoms with Gasteiger partial charge in [0.25, 0.3) is 0 Å². The van der Waals surface area contributed by atoms with Gasteiger partial charge in [-0.3, -0.25) is 0 Å². The van der Waals surface area contributed by atoms with Crippen molar-refractivity contribution in [2.24, 2.45) is 0 Å². The fraction of sp³-hybridized carbons (Fsp3) is 0.0556. The second-order valence-electron chi connectivity index (χ2n) is 31.5. The second kappa shape index (κ2) is 26.1. The average molecular weight is 1450 g/mol. The average Bonchev–Trinajstić information content (AvgIpc) is 1.52. The maximum Gasteiger partial charge on any atom is 0.164 e. The lowest BCUT2D eigenvalue weighted by molar-refractivity contribution is 0.588. The molecule has 6 heteroatoms. The molecule has 22 rings (SSSR count). The molecular weight excluding hydrogens is 1380 g/mol. The lowest BCUT2D eigenvalue weighted by atomic mass is 9.65. The van der Waals surface area contributed by atoms with Crippen LogP contribution in [0.4, 0.5) is 0 Å². The van der Waals surface area contributed by atoms with Gasteiger partial charge in [0.1, 0.15) is 0 Å². The van der Waals surface area contributed by atoms with Gasteiger partial charge in [-0.05, 0) is 180 Å². The normalized spacial score (nSPS) is 14.0. The van der Waals surface area contributed by atoms with Gasteiger partial charge in [0.15, 0.2) is 34.9 Å². The molecule has 0 bridgehead atoms. The summed E-state index contributed by atoms with van der Waals surface area (Å²) in [6.07, 6.45) is 0. The molecule has 16 aromatic carbocycles. The van der Waals surface area contributed by atoms with Crippen LogP contribution in [0.15, 0.2) is 382 Å². The Hall–Kier alpha value is -14.5. The Morgan fingerprint density at radius 2 is 0.395 bits per heavy atom. The first-order valence-corrected chi connectivity index (χ1v) is 39.3. The number of aromatic nitrogens is 6. The molecule has 534 valence electrons. The number of benzene rings is 16. The molecule has 2 heterocycles. The Morgan fingerprint density at radius 3 is 0.781 bits per heavy atom. The predicted molar refractivity (Wildman–Crippen MR) is 464 cm³/mol. The lowest BCUT2D eigenvalue weighted by Gasteiger charge is -2.36. The summed E-state index contributed by atoms with van der Waals surface area (Å²) >= 11 is 0. The van der Waals surface area contributed by atoms with E-state index in [1.54, 1.807) is 0 Å². The fourth-order valence-electron chi connectivity index (χ4n) is 19.0. The van der Waals surface area contributed by atoms with Crippen LogP contribution >= 0.6 is 0 Å². The third kappa shape index (κ3) is 10.4. The molecule has 0 aliphatic heterocycles. The standard InChI is InChI=1S/C108H72N6/c1-106(2,3)79-58-59-89-88-42-18-23-47-96(88)108(99(89)66-79)93-44-20-15-39-85(93)81-35-11-13-37-83(81)91-65-78(57-61-98(91)108)105-112-101(111-103(114-105)75-32-24-30-73(62-75)67-26-6-4-7-27-67)72-54-52-69(53-55-72)68-48-50-70(51-49-68)74-31-25-33-76(63-74)102-109-100(71-28-8-5-9-29-71)110-104(113-102)77-56-60-97-90(64-77)82-36-12-10-34-80(82)84-38-14-19-43-92(84)107(97)94-45-21-16-40-86(94)87-41-17-22-46-95(87)107/h4-66H,1-3H3. The van der Waals surface area contributed by atoms with Crippen molar-refractivity contribution in [1.82, 2.24) is 29.9 Å². The van der Waals surface area contributed by atoms with Gasteiger partial charge in [0.05, 0.1) is 10.8 Å². The number of rotatable bonds is 9. The van der Waals surface area contributed by atoms with Gasteiger partial charge in [0, 0.05) is 33.4 Å². The van der Waals surface area contributed by atoms with Gasteiger partial charge >= 0.3 is 0 Å². The highest BCUT2D eigenvalue weighted by atomic mass is 15.0. The van der Waals surface area contributed by atoms with E-state index in [1.807, 2.05) is 18.2 Å². The zero-order chi connectivity index (χ0) is 75.8. The fourth-order valence-corrected chi connectivity index (χ4v) is 19.0. The molecule has 2 aromatic heterocycles. The van der Waals surface area contributed by atoms with Crippen LogP contribution in [0, 0.1) is 0 Å². The summed E-state index contributed by atoms with van der Waals surface area (Å²) in [5.74, 6) is 3.56. The number of hydrogen-bond donors (Lipinski definition) is 0. The van der Waals surface area contributed by atoms with E-state index >= 15 is 0 Å². The van der Waals surface area contributed by atoms with E-state index in [0.717, 1.165) is 77.9 Å². The second-order valence-corrected chi connectivity index (χ2v) is 31.5. The highest BCUT2D eigenvalue weighted by molar-refractivity contribution is 6.01. The Labute approximate surface area is 663 Å². The summed E-state index contributed by atoms with van der Waals surface area (Å²) < 4.78 is 0. The van der Waals surface area contributed by atoms with E-state index in [0.29, 0.717) is 34.9 Å². The third-order valence-corrected chi connectivity index (χ3v) is 24.2. The van der Waals surface area contributed by atoms with Crippen LogP contribution < -0.4 is 0 Å². The van der Waals surface area contributed by atoms with Gasteiger partial charge in [-0.15, -0.1) is 0 Å². The zero-order valence-corrected chi connectivity index (χ0v) is 63.1. The van der Waals surface area contributed by atoms with Crippen molar-refractivity contribution in [3.8, 4) is 168 Å². The van der Waals surface area contributed by atoms with Crippen LogP contribution in [-0.4, -0.2) is 29.9 Å². The van der Waals surface area contributed by atoms with E-state index in [1.165, 1.54) is 106 Å². The lowest BCUT2D eigenvalue weighted by Crippen LogP contribution is -2.30. The molecule has 6 nitrogen and oxygen atoms in total. The van der Waals surface area contributed by atoms with Crippen LogP contribution in [0.2, 0.25) is 0 Å². The highest BCUT2D eigenvalue weighted by Gasteiger charge is 2.52. The monoisotopic (exact) mass is 1450 g/mol. The van der Waals surface area contributed by atoms with Crippen molar-refractivity contribution >= 4 is 0 Å². The molecule has 4 aliphatic rings. The van der Waals surface area contributed by atoms with Crippen LogP contribution in [0.1, 0.15) is 70.8 Å². The SMILES string of the molecule is CC(C)(C)c1ccc2c(c1)C1(c3ccccc3-c3ccccc3-c3cc(-c4nc(-c5ccc(-c6ccc(-c7cccc(-c8nc(-c9ccccc9)nc(-c9ccc%10c(c9)-c9ccccc9-c9ccccc9C%109c%10ccccc%10-c%10ccccc%109)n8)c7)cc6)cc5)nc(-c5cccc(-c6ccccc6)c5)n4)ccc31)c1ccccc1-2. The molecule has 0 N–H and O–H groups in total. The molecule has 1 unspecified atom stereocenters. The Morgan fingerprint density at radius 1 is 0.158 bits per heavy atom. The Balaban J connectivity index is 0.622. The number of fused-ring (bicyclic) bond motifs is 24. The first-order valence-electron chi connectivity index (χ1n) is 39.3. The van der Waals surface area contributed by atoms with Gasteiger partial charge < -0.3 is 0 Å². The quantitative estimate of drug-likeness (QED) is 0.143. The summed E-state index contributed by atoms with van der Waals surface area (Å²) in [5, 5.41) is 0. The minimum Gasteiger partial charge on any atom is -0.208 e. The van der Waals surface area contributed by atoms with Crippen molar-refractivity contribution < 1.29 is 0 Å². The van der Waals surface area contributed by atoms with Crippen LogP contribution in [0.3, 0.4) is 0 Å². The molecule has 4 aliphatic carbocycles. The number of hydrogen-bond acceptors (Lipinski definition) is 6. The Bertz CT molecular complexity index is 6910. The van der Waals surface area contributed by atoms with Crippen molar-refractivity contribution in [3.63, 3.8) is 0 Å².